The standard InChI is InChI=1S/C11H11NO3S/c1-2-3-6-4-9(13)12-10-7(6)5-8(16-10)11(14)15/h4-5H,2-3H2,1H3,(H,12,13)(H,14,15). The van der Waals surface area contributed by atoms with Crippen molar-refractivity contribution in [2.75, 3.05) is 0 Å². The van der Waals surface area contributed by atoms with Crippen LogP contribution in [0.25, 0.3) is 10.2 Å². The number of hydrogen-bond donors (Lipinski definition) is 2. The number of carboxylic acid groups (broad SMARTS) is 1. The quantitative estimate of drug-likeness (QED) is 0.860. The van der Waals surface area contributed by atoms with Crippen molar-refractivity contribution in [2.24, 2.45) is 0 Å². The molecule has 0 radical (unpaired) electrons. The van der Waals surface area contributed by atoms with E-state index in [4.69, 9.17) is 5.11 Å². The largest absolute Gasteiger partial charge is 0.477 e. The van der Waals surface area contributed by atoms with E-state index >= 15 is 0 Å². The van der Waals surface area contributed by atoms with Gasteiger partial charge in [-0.15, -0.1) is 11.3 Å². The number of aromatic carboxylic acids is 1. The van der Waals surface area contributed by atoms with Gasteiger partial charge in [-0.05, 0) is 18.1 Å². The molecular weight excluding hydrogens is 226 g/mol. The van der Waals surface area contributed by atoms with Gasteiger partial charge in [-0.2, -0.15) is 0 Å². The van der Waals surface area contributed by atoms with Gasteiger partial charge in [-0.3, -0.25) is 4.79 Å². The molecular formula is C11H11NO3S. The Balaban J connectivity index is 2.70. The highest BCUT2D eigenvalue weighted by molar-refractivity contribution is 7.20. The van der Waals surface area contributed by atoms with Crippen molar-refractivity contribution < 1.29 is 9.90 Å². The number of pyridine rings is 1. The molecule has 0 amide bonds. The maximum absolute atomic E-state index is 11.4. The Labute approximate surface area is 95.6 Å². The van der Waals surface area contributed by atoms with E-state index < -0.39 is 5.97 Å². The Bertz CT molecular complexity index is 597. The summed E-state index contributed by atoms with van der Waals surface area (Å²) in [5.41, 5.74) is 0.750. The first-order chi connectivity index (χ1) is 7.61. The molecule has 0 fully saturated rings. The van der Waals surface area contributed by atoms with Crippen LogP contribution in [-0.2, 0) is 6.42 Å². The highest BCUT2D eigenvalue weighted by Crippen LogP contribution is 2.26. The summed E-state index contributed by atoms with van der Waals surface area (Å²) in [6.45, 7) is 2.03. The van der Waals surface area contributed by atoms with E-state index in [0.717, 1.165) is 35.1 Å². The first kappa shape index (κ1) is 10.9. The molecule has 0 spiro atoms. The fourth-order valence-corrected chi connectivity index (χ4v) is 2.62. The number of aryl methyl sites for hydroxylation is 1. The second kappa shape index (κ2) is 4.09. The lowest BCUT2D eigenvalue weighted by molar-refractivity contribution is 0.0702. The van der Waals surface area contributed by atoms with Gasteiger partial charge in [0.25, 0.3) is 0 Å². The number of fused-ring (bicyclic) bond motifs is 1. The zero-order chi connectivity index (χ0) is 11.7. The monoisotopic (exact) mass is 237 g/mol. The number of nitrogens with one attached hydrogen (secondary N) is 1. The minimum Gasteiger partial charge on any atom is -0.477 e. The molecule has 0 bridgehead atoms. The summed E-state index contributed by atoms with van der Waals surface area (Å²) >= 11 is 1.10. The summed E-state index contributed by atoms with van der Waals surface area (Å²) in [4.78, 5) is 25.8. The van der Waals surface area contributed by atoms with Gasteiger partial charge in [0.05, 0.1) is 0 Å². The molecule has 0 saturated heterocycles. The molecule has 84 valence electrons. The summed E-state index contributed by atoms with van der Waals surface area (Å²) in [5, 5.41) is 9.75. The number of hydrogen-bond acceptors (Lipinski definition) is 3. The topological polar surface area (TPSA) is 70.2 Å². The lowest BCUT2D eigenvalue weighted by atomic mass is 10.1. The van der Waals surface area contributed by atoms with Crippen LogP contribution in [0.2, 0.25) is 0 Å². The van der Waals surface area contributed by atoms with E-state index in [0.29, 0.717) is 4.83 Å². The lowest BCUT2D eigenvalue weighted by Crippen LogP contribution is -2.04. The predicted octanol–water partition coefficient (Wildman–Crippen LogP) is 2.24. The molecule has 16 heavy (non-hydrogen) atoms. The smallest absolute Gasteiger partial charge is 0.345 e. The van der Waals surface area contributed by atoms with Gasteiger partial charge in [-0.25, -0.2) is 4.79 Å². The number of aromatic amines is 1. The molecule has 5 heteroatoms. The van der Waals surface area contributed by atoms with Crippen LogP contribution >= 0.6 is 11.3 Å². The Morgan fingerprint density at radius 3 is 2.88 bits per heavy atom. The summed E-state index contributed by atoms with van der Waals surface area (Å²) in [5.74, 6) is -0.954. The Morgan fingerprint density at radius 2 is 2.25 bits per heavy atom. The van der Waals surface area contributed by atoms with E-state index in [1.807, 2.05) is 6.92 Å². The highest BCUT2D eigenvalue weighted by atomic mass is 32.1. The molecule has 2 aromatic heterocycles. The van der Waals surface area contributed by atoms with Crippen molar-refractivity contribution in [2.45, 2.75) is 19.8 Å². The lowest BCUT2D eigenvalue weighted by Gasteiger charge is -1.99. The zero-order valence-corrected chi connectivity index (χ0v) is 9.56. The fraction of sp³-hybridized carbons (Fsp3) is 0.273. The third kappa shape index (κ3) is 1.86. The van der Waals surface area contributed by atoms with Crippen molar-refractivity contribution >= 4 is 27.5 Å². The van der Waals surface area contributed by atoms with Crippen LogP contribution in [0.15, 0.2) is 16.9 Å². The predicted molar refractivity (Wildman–Crippen MR) is 63.4 cm³/mol. The Hall–Kier alpha value is -1.62. The van der Waals surface area contributed by atoms with Crippen LogP contribution in [-0.4, -0.2) is 16.1 Å². The van der Waals surface area contributed by atoms with Crippen LogP contribution in [0.3, 0.4) is 0 Å². The zero-order valence-electron chi connectivity index (χ0n) is 8.74. The third-order valence-corrected chi connectivity index (χ3v) is 3.39. The van der Waals surface area contributed by atoms with E-state index in [2.05, 4.69) is 4.98 Å². The molecule has 2 rings (SSSR count). The SMILES string of the molecule is CCCc1cc(=O)[nH]c2sc(C(=O)O)cc12. The molecule has 0 unspecified atom stereocenters. The molecule has 2 N–H and O–H groups in total. The maximum atomic E-state index is 11.4. The highest BCUT2D eigenvalue weighted by Gasteiger charge is 2.11. The van der Waals surface area contributed by atoms with Gasteiger partial charge in [0.2, 0.25) is 5.56 Å². The van der Waals surface area contributed by atoms with Crippen molar-refractivity contribution in [1.29, 1.82) is 0 Å². The second-order valence-electron chi connectivity index (χ2n) is 3.57. The van der Waals surface area contributed by atoms with E-state index in [9.17, 15) is 9.59 Å². The minimum absolute atomic E-state index is 0.172. The van der Waals surface area contributed by atoms with E-state index in [-0.39, 0.29) is 10.4 Å². The number of thiophene rings is 1. The van der Waals surface area contributed by atoms with Crippen LogP contribution in [0.1, 0.15) is 28.6 Å². The molecule has 0 aliphatic heterocycles. The number of aromatic nitrogens is 1. The average molecular weight is 237 g/mol. The van der Waals surface area contributed by atoms with Gasteiger partial charge in [0.15, 0.2) is 0 Å². The molecule has 0 saturated carbocycles. The van der Waals surface area contributed by atoms with E-state index in [1.165, 1.54) is 0 Å². The van der Waals surface area contributed by atoms with Crippen molar-refractivity contribution in [3.05, 3.63) is 32.9 Å². The molecule has 0 aliphatic carbocycles. The third-order valence-electron chi connectivity index (χ3n) is 2.35. The van der Waals surface area contributed by atoms with Crippen LogP contribution < -0.4 is 5.56 Å². The number of H-pyrrole nitrogens is 1. The molecule has 4 nitrogen and oxygen atoms in total. The van der Waals surface area contributed by atoms with Crippen molar-refractivity contribution in [1.82, 2.24) is 4.98 Å². The first-order valence-corrected chi connectivity index (χ1v) is 5.82. The van der Waals surface area contributed by atoms with Crippen molar-refractivity contribution in [3.8, 4) is 0 Å². The summed E-state index contributed by atoms with van der Waals surface area (Å²) in [6.07, 6.45) is 1.72. The fourth-order valence-electron chi connectivity index (χ4n) is 1.69. The maximum Gasteiger partial charge on any atom is 0.345 e. The van der Waals surface area contributed by atoms with Gasteiger partial charge in [0.1, 0.15) is 9.71 Å². The second-order valence-corrected chi connectivity index (χ2v) is 4.62. The number of rotatable bonds is 3. The Morgan fingerprint density at radius 1 is 1.50 bits per heavy atom. The van der Waals surface area contributed by atoms with Crippen LogP contribution in [0, 0.1) is 0 Å². The summed E-state index contributed by atoms with van der Waals surface area (Å²) in [7, 11) is 0. The average Bonchev–Trinajstić information content (AvgIpc) is 2.61. The summed E-state index contributed by atoms with van der Waals surface area (Å²) in [6, 6.07) is 3.17. The minimum atomic E-state index is -0.954. The van der Waals surface area contributed by atoms with Gasteiger partial charge < -0.3 is 10.1 Å². The van der Waals surface area contributed by atoms with Crippen molar-refractivity contribution in [3.63, 3.8) is 0 Å². The van der Waals surface area contributed by atoms with Gasteiger partial charge in [0, 0.05) is 11.5 Å². The number of carbonyl (C=O) groups is 1. The van der Waals surface area contributed by atoms with Crippen LogP contribution in [0.5, 0.6) is 0 Å². The van der Waals surface area contributed by atoms with Crippen LogP contribution in [0.4, 0.5) is 0 Å². The normalized spacial score (nSPS) is 10.8. The van der Waals surface area contributed by atoms with E-state index in [1.54, 1.807) is 12.1 Å². The summed E-state index contributed by atoms with van der Waals surface area (Å²) < 4.78 is 0. The molecule has 0 atom stereocenters. The molecule has 0 aliphatic rings. The Kier molecular flexibility index (Phi) is 2.78. The molecule has 0 aromatic carbocycles. The molecule has 2 aromatic rings. The number of carboxylic acids is 1. The van der Waals surface area contributed by atoms with Gasteiger partial charge >= 0.3 is 5.97 Å². The molecule has 2 heterocycles. The first-order valence-electron chi connectivity index (χ1n) is 5.01. The van der Waals surface area contributed by atoms with Gasteiger partial charge in [-0.1, -0.05) is 13.3 Å².